The van der Waals surface area contributed by atoms with Crippen LogP contribution in [-0.2, 0) is 26.9 Å². The summed E-state index contributed by atoms with van der Waals surface area (Å²) in [6, 6.07) is 8.96. The topological polar surface area (TPSA) is 127 Å². The summed E-state index contributed by atoms with van der Waals surface area (Å²) in [5.74, 6) is -2.61. The number of nitrogens with zero attached hydrogens (tertiary/aromatic N) is 3. The number of aliphatic carboxylic acids is 1. The van der Waals surface area contributed by atoms with Crippen molar-refractivity contribution in [1.82, 2.24) is 9.47 Å². The summed E-state index contributed by atoms with van der Waals surface area (Å²) in [7, 11) is 1.70. The Labute approximate surface area is 221 Å². The number of aliphatic imine (C=N–C) groups is 1. The van der Waals surface area contributed by atoms with E-state index in [2.05, 4.69) is 0 Å². The number of pyridine rings is 1. The summed E-state index contributed by atoms with van der Waals surface area (Å²) in [6.07, 6.45) is -1.66. The number of hydrogen-bond acceptors (Lipinski definition) is 6. The lowest BCUT2D eigenvalue weighted by Crippen LogP contribution is -2.56. The molecule has 1 saturated heterocycles. The van der Waals surface area contributed by atoms with Gasteiger partial charge in [0.1, 0.15) is 0 Å². The van der Waals surface area contributed by atoms with Gasteiger partial charge in [0.25, 0.3) is 5.56 Å². The largest absolute Gasteiger partial charge is 0.490 e. The van der Waals surface area contributed by atoms with Gasteiger partial charge in [-0.3, -0.25) is 14.5 Å². The number of aryl methyl sites for hydroxylation is 1. The molecular formula is C25H28ClF3N4O5. The number of amides is 1. The zero-order valence-corrected chi connectivity index (χ0v) is 21.7. The maximum absolute atomic E-state index is 13.2. The molecule has 3 heterocycles. The number of aromatic nitrogens is 1. The number of nitrogens with two attached hydrogens (primary N) is 1. The molecule has 0 bridgehead atoms. The molecule has 0 spiro atoms. The molecule has 0 unspecified atom stereocenters. The Bertz CT molecular complexity index is 1310. The number of alkyl halides is 3. The van der Waals surface area contributed by atoms with Crippen LogP contribution in [0.25, 0.3) is 11.1 Å². The Morgan fingerprint density at radius 2 is 1.95 bits per heavy atom. The Hall–Kier alpha value is -3.38. The smallest absolute Gasteiger partial charge is 0.475 e. The van der Waals surface area contributed by atoms with Crippen molar-refractivity contribution in [3.8, 4) is 11.1 Å². The summed E-state index contributed by atoms with van der Waals surface area (Å²) in [4.78, 5) is 40.5. The number of guanidine groups is 1. The fourth-order valence-corrected chi connectivity index (χ4v) is 4.93. The van der Waals surface area contributed by atoms with E-state index in [4.69, 9.17) is 37.0 Å². The molecule has 1 fully saturated rings. The predicted octanol–water partition coefficient (Wildman–Crippen LogP) is 3.67. The van der Waals surface area contributed by atoms with Crippen LogP contribution < -0.4 is 11.3 Å². The van der Waals surface area contributed by atoms with Gasteiger partial charge in [0.15, 0.2) is 5.96 Å². The lowest BCUT2D eigenvalue weighted by Gasteiger charge is -2.41. The van der Waals surface area contributed by atoms with Crippen molar-refractivity contribution < 1.29 is 32.6 Å². The third-order valence-corrected chi connectivity index (χ3v) is 6.84. The Kier molecular flexibility index (Phi) is 8.57. The SMILES string of the molecule is C[C@H]1C[C@@H](N2C(=O)C[C@@](C)(c3cccc(-c4ccn(C)c(=O)c4)c3Cl)N=C2N)CCO1.O=C(O)C(F)(F)F. The van der Waals surface area contributed by atoms with E-state index in [9.17, 15) is 22.8 Å². The van der Waals surface area contributed by atoms with Crippen LogP contribution in [0, 0.1) is 0 Å². The molecular weight excluding hydrogens is 529 g/mol. The van der Waals surface area contributed by atoms with Gasteiger partial charge in [-0.15, -0.1) is 0 Å². The number of carboxylic acid groups (broad SMARTS) is 1. The Morgan fingerprint density at radius 3 is 2.50 bits per heavy atom. The van der Waals surface area contributed by atoms with Crippen molar-refractivity contribution in [2.75, 3.05) is 6.61 Å². The molecule has 3 N–H and O–H groups in total. The van der Waals surface area contributed by atoms with Crippen LogP contribution in [0.15, 0.2) is 46.3 Å². The van der Waals surface area contributed by atoms with Gasteiger partial charge in [0.2, 0.25) is 5.91 Å². The Balaban J connectivity index is 0.000000505. The summed E-state index contributed by atoms with van der Waals surface area (Å²) < 4.78 is 38.8. The van der Waals surface area contributed by atoms with Crippen molar-refractivity contribution >= 4 is 29.4 Å². The third-order valence-electron chi connectivity index (χ3n) is 6.43. The molecule has 0 aliphatic carbocycles. The Morgan fingerprint density at radius 1 is 1.29 bits per heavy atom. The van der Waals surface area contributed by atoms with Crippen molar-refractivity contribution in [3.63, 3.8) is 0 Å². The van der Waals surface area contributed by atoms with Crippen LogP contribution in [-0.4, -0.2) is 57.3 Å². The molecule has 2 aliphatic rings. The monoisotopic (exact) mass is 556 g/mol. The van der Waals surface area contributed by atoms with E-state index in [1.54, 1.807) is 24.2 Å². The summed E-state index contributed by atoms with van der Waals surface area (Å²) >= 11 is 6.80. The number of carboxylic acids is 1. The summed E-state index contributed by atoms with van der Waals surface area (Å²) in [5, 5.41) is 7.59. The van der Waals surface area contributed by atoms with Crippen LogP contribution in [0.4, 0.5) is 13.2 Å². The van der Waals surface area contributed by atoms with Crippen LogP contribution in [0.5, 0.6) is 0 Å². The average Bonchev–Trinajstić information content (AvgIpc) is 2.80. The molecule has 38 heavy (non-hydrogen) atoms. The normalized spacial score (nSPS) is 23.8. The maximum atomic E-state index is 13.2. The molecule has 0 saturated carbocycles. The van der Waals surface area contributed by atoms with Crippen LogP contribution in [0.3, 0.4) is 0 Å². The molecule has 206 valence electrons. The number of rotatable bonds is 3. The van der Waals surface area contributed by atoms with Crippen molar-refractivity contribution in [1.29, 1.82) is 0 Å². The van der Waals surface area contributed by atoms with Gasteiger partial charge < -0.3 is 20.1 Å². The zero-order valence-electron chi connectivity index (χ0n) is 21.0. The second-order valence-electron chi connectivity index (χ2n) is 9.38. The minimum atomic E-state index is -5.08. The fraction of sp³-hybridized carbons (Fsp3) is 0.440. The van der Waals surface area contributed by atoms with E-state index in [1.165, 1.54) is 4.57 Å². The summed E-state index contributed by atoms with van der Waals surface area (Å²) in [6.45, 7) is 4.47. The first-order chi connectivity index (χ1) is 17.6. The number of benzene rings is 1. The molecule has 2 aromatic rings. The standard InChI is InChI=1S/C23H27ClN4O3.C2HF3O2/c1-14-11-16(8-10-31-14)28-20(30)13-23(2,26-22(28)25)18-6-4-5-17(21(18)24)15-7-9-27(3)19(29)12-15;3-2(4,5)1(6)7/h4-7,9,12,14,16H,8,10-11,13H2,1-3H3,(H2,25,26);(H,6,7)/t14-,16-,23-;/m0./s1. The highest BCUT2D eigenvalue weighted by atomic mass is 35.5. The van der Waals surface area contributed by atoms with Crippen LogP contribution >= 0.6 is 11.6 Å². The van der Waals surface area contributed by atoms with Crippen molar-refractivity contribution in [3.05, 3.63) is 57.5 Å². The van der Waals surface area contributed by atoms with Gasteiger partial charge in [-0.05, 0) is 43.9 Å². The van der Waals surface area contributed by atoms with Gasteiger partial charge in [-0.2, -0.15) is 13.2 Å². The first-order valence-electron chi connectivity index (χ1n) is 11.7. The lowest BCUT2D eigenvalue weighted by atomic mass is 9.85. The number of hydrogen-bond donors (Lipinski definition) is 2. The minimum absolute atomic E-state index is 0.00751. The van der Waals surface area contributed by atoms with Gasteiger partial charge in [-0.1, -0.05) is 29.8 Å². The van der Waals surface area contributed by atoms with E-state index in [-0.39, 0.29) is 36.0 Å². The molecule has 9 nitrogen and oxygen atoms in total. The van der Waals surface area contributed by atoms with Gasteiger partial charge in [0, 0.05) is 37.5 Å². The fourth-order valence-electron chi connectivity index (χ4n) is 4.50. The molecule has 1 aromatic heterocycles. The van der Waals surface area contributed by atoms with Crippen molar-refractivity contribution in [2.24, 2.45) is 17.8 Å². The number of carbonyl (C=O) groups excluding carboxylic acids is 1. The number of ether oxygens (including phenoxy) is 1. The predicted molar refractivity (Wildman–Crippen MR) is 135 cm³/mol. The highest BCUT2D eigenvalue weighted by molar-refractivity contribution is 6.34. The van der Waals surface area contributed by atoms with Gasteiger partial charge in [-0.25, -0.2) is 9.79 Å². The molecule has 2 aliphatic heterocycles. The number of carbonyl (C=O) groups is 2. The third kappa shape index (κ3) is 6.36. The number of halogens is 4. The van der Waals surface area contributed by atoms with E-state index < -0.39 is 17.7 Å². The molecule has 4 rings (SSSR count). The zero-order chi connectivity index (χ0) is 28.4. The average molecular weight is 557 g/mol. The van der Waals surface area contributed by atoms with E-state index in [0.717, 1.165) is 24.0 Å². The van der Waals surface area contributed by atoms with Crippen LogP contribution in [0.2, 0.25) is 5.02 Å². The van der Waals surface area contributed by atoms with Crippen molar-refractivity contribution in [2.45, 2.75) is 57.0 Å². The molecule has 1 aromatic carbocycles. The molecule has 13 heteroatoms. The first kappa shape index (κ1) is 29.2. The molecule has 3 atom stereocenters. The highest BCUT2D eigenvalue weighted by Gasteiger charge is 2.42. The first-order valence-corrected chi connectivity index (χ1v) is 12.1. The van der Waals surface area contributed by atoms with Gasteiger partial charge >= 0.3 is 12.1 Å². The highest BCUT2D eigenvalue weighted by Crippen LogP contribution is 2.41. The quantitative estimate of drug-likeness (QED) is 0.594. The van der Waals surface area contributed by atoms with E-state index in [1.807, 2.05) is 38.1 Å². The second-order valence-corrected chi connectivity index (χ2v) is 9.76. The maximum Gasteiger partial charge on any atom is 0.490 e. The molecule has 1 amide bonds. The lowest BCUT2D eigenvalue weighted by molar-refractivity contribution is -0.192. The summed E-state index contributed by atoms with van der Waals surface area (Å²) in [5.41, 5.74) is 7.46. The minimum Gasteiger partial charge on any atom is -0.475 e. The second kappa shape index (κ2) is 11.2. The van der Waals surface area contributed by atoms with Crippen LogP contribution in [0.1, 0.15) is 38.7 Å². The van der Waals surface area contributed by atoms with Gasteiger partial charge in [0.05, 0.1) is 23.1 Å². The van der Waals surface area contributed by atoms with E-state index in [0.29, 0.717) is 17.2 Å². The van der Waals surface area contributed by atoms with E-state index >= 15 is 0 Å². The molecule has 0 radical (unpaired) electrons.